The van der Waals surface area contributed by atoms with Crippen LogP contribution in [0.3, 0.4) is 0 Å². The zero-order chi connectivity index (χ0) is 18.4. The molecule has 1 heterocycles. The molecule has 1 saturated heterocycles. The molecule has 0 N–H and O–H groups in total. The molecule has 1 aliphatic heterocycles. The third-order valence-corrected chi connectivity index (χ3v) is 5.70. The van der Waals surface area contributed by atoms with Gasteiger partial charge in [-0.1, -0.05) is 36.4 Å². The minimum absolute atomic E-state index is 0.0973. The SMILES string of the molecule is C=C1C(=O)OC2c3c(C)c(OCc4cccc(C)c4)cc(C)c3CC[C@@H]12. The van der Waals surface area contributed by atoms with Gasteiger partial charge in [-0.15, -0.1) is 0 Å². The molecular formula is C23H24O3. The fraction of sp³-hybridized carbons (Fsp3) is 0.348. The van der Waals surface area contributed by atoms with E-state index in [1.165, 1.54) is 16.7 Å². The second-order valence-corrected chi connectivity index (χ2v) is 7.48. The summed E-state index contributed by atoms with van der Waals surface area (Å²) in [6.45, 7) is 10.7. The molecule has 134 valence electrons. The maximum Gasteiger partial charge on any atom is 0.334 e. The summed E-state index contributed by atoms with van der Waals surface area (Å²) in [7, 11) is 0. The average molecular weight is 348 g/mol. The molecule has 0 radical (unpaired) electrons. The van der Waals surface area contributed by atoms with E-state index in [0.29, 0.717) is 12.2 Å². The number of fused-ring (bicyclic) bond motifs is 3. The van der Waals surface area contributed by atoms with Gasteiger partial charge < -0.3 is 9.47 Å². The Morgan fingerprint density at radius 2 is 2.04 bits per heavy atom. The molecule has 2 aromatic rings. The lowest BCUT2D eigenvalue weighted by Gasteiger charge is -2.30. The molecule has 4 rings (SSSR count). The fourth-order valence-electron chi connectivity index (χ4n) is 4.29. The third kappa shape index (κ3) is 2.72. The average Bonchev–Trinajstić information content (AvgIpc) is 2.91. The molecule has 1 aliphatic carbocycles. The van der Waals surface area contributed by atoms with Crippen LogP contribution < -0.4 is 4.74 Å². The van der Waals surface area contributed by atoms with E-state index in [0.717, 1.165) is 35.3 Å². The highest BCUT2D eigenvalue weighted by Crippen LogP contribution is 2.49. The number of esters is 1. The number of ether oxygens (including phenoxy) is 2. The number of benzene rings is 2. The smallest absolute Gasteiger partial charge is 0.334 e. The molecule has 2 aliphatic rings. The Morgan fingerprint density at radius 1 is 1.23 bits per heavy atom. The number of hydrogen-bond acceptors (Lipinski definition) is 3. The molecule has 1 unspecified atom stereocenters. The summed E-state index contributed by atoms with van der Waals surface area (Å²) < 4.78 is 11.8. The highest BCUT2D eigenvalue weighted by atomic mass is 16.6. The number of rotatable bonds is 3. The second kappa shape index (κ2) is 6.31. The van der Waals surface area contributed by atoms with Crippen LogP contribution in [0.2, 0.25) is 0 Å². The summed E-state index contributed by atoms with van der Waals surface area (Å²) in [6, 6.07) is 10.5. The lowest BCUT2D eigenvalue weighted by atomic mass is 9.76. The molecule has 0 bridgehead atoms. The zero-order valence-corrected chi connectivity index (χ0v) is 15.6. The van der Waals surface area contributed by atoms with Gasteiger partial charge >= 0.3 is 5.97 Å². The minimum Gasteiger partial charge on any atom is -0.489 e. The number of hydrogen-bond donors (Lipinski definition) is 0. The molecule has 3 heteroatoms. The summed E-state index contributed by atoms with van der Waals surface area (Å²) in [5.41, 5.74) is 7.71. The van der Waals surface area contributed by atoms with Crippen LogP contribution in [0.1, 0.15) is 45.9 Å². The van der Waals surface area contributed by atoms with Crippen molar-refractivity contribution in [1.82, 2.24) is 0 Å². The van der Waals surface area contributed by atoms with Crippen molar-refractivity contribution < 1.29 is 14.3 Å². The van der Waals surface area contributed by atoms with Crippen molar-refractivity contribution in [1.29, 1.82) is 0 Å². The minimum atomic E-state index is -0.254. The van der Waals surface area contributed by atoms with Crippen LogP contribution in [-0.4, -0.2) is 5.97 Å². The maximum atomic E-state index is 12.0. The van der Waals surface area contributed by atoms with Crippen LogP contribution in [-0.2, 0) is 22.6 Å². The van der Waals surface area contributed by atoms with Crippen molar-refractivity contribution in [2.75, 3.05) is 0 Å². The van der Waals surface area contributed by atoms with Crippen molar-refractivity contribution in [2.45, 2.75) is 46.3 Å². The first kappa shape index (κ1) is 16.9. The topological polar surface area (TPSA) is 35.5 Å². The second-order valence-electron chi connectivity index (χ2n) is 7.48. The Kier molecular flexibility index (Phi) is 4.10. The molecule has 2 atom stereocenters. The number of carbonyl (C=O) groups is 1. The molecule has 1 fully saturated rings. The highest BCUT2D eigenvalue weighted by molar-refractivity contribution is 5.91. The van der Waals surface area contributed by atoms with Gasteiger partial charge in [-0.3, -0.25) is 0 Å². The molecule has 0 saturated carbocycles. The maximum absolute atomic E-state index is 12.0. The quantitative estimate of drug-likeness (QED) is 0.584. The first-order valence-electron chi connectivity index (χ1n) is 9.17. The van der Waals surface area contributed by atoms with E-state index in [9.17, 15) is 4.79 Å². The van der Waals surface area contributed by atoms with Crippen LogP contribution in [0.5, 0.6) is 5.75 Å². The molecule has 3 nitrogen and oxygen atoms in total. The van der Waals surface area contributed by atoms with Gasteiger partial charge in [0.15, 0.2) is 0 Å². The summed E-state index contributed by atoms with van der Waals surface area (Å²) in [5, 5.41) is 0. The van der Waals surface area contributed by atoms with E-state index in [-0.39, 0.29) is 18.0 Å². The Bertz CT molecular complexity index is 910. The zero-order valence-electron chi connectivity index (χ0n) is 15.6. The van der Waals surface area contributed by atoms with Gasteiger partial charge in [0.1, 0.15) is 18.5 Å². The summed E-state index contributed by atoms with van der Waals surface area (Å²) >= 11 is 0. The van der Waals surface area contributed by atoms with Crippen LogP contribution in [0.25, 0.3) is 0 Å². The van der Waals surface area contributed by atoms with Crippen molar-refractivity contribution in [3.05, 3.63) is 75.9 Å². The van der Waals surface area contributed by atoms with Gasteiger partial charge in [-0.25, -0.2) is 4.79 Å². The third-order valence-electron chi connectivity index (χ3n) is 5.70. The first-order chi connectivity index (χ1) is 12.5. The fourth-order valence-corrected chi connectivity index (χ4v) is 4.29. The molecule has 0 aromatic heterocycles. The van der Waals surface area contributed by atoms with Crippen LogP contribution in [0.15, 0.2) is 42.5 Å². The Hall–Kier alpha value is -2.55. The van der Waals surface area contributed by atoms with Gasteiger partial charge in [0, 0.05) is 17.1 Å². The predicted molar refractivity (Wildman–Crippen MR) is 101 cm³/mol. The summed E-state index contributed by atoms with van der Waals surface area (Å²) in [4.78, 5) is 12.0. The lowest BCUT2D eigenvalue weighted by Crippen LogP contribution is -2.20. The van der Waals surface area contributed by atoms with E-state index >= 15 is 0 Å². The molecule has 26 heavy (non-hydrogen) atoms. The van der Waals surface area contributed by atoms with Crippen molar-refractivity contribution in [2.24, 2.45) is 5.92 Å². The van der Waals surface area contributed by atoms with Crippen LogP contribution in [0.4, 0.5) is 0 Å². The molecule has 2 aromatic carbocycles. The monoisotopic (exact) mass is 348 g/mol. The standard InChI is InChI=1S/C23H24O3/c1-13-6-5-7-17(10-13)12-25-20-11-14(2)18-8-9-19-15(3)23(24)26-22(19)21(18)16(20)4/h5-7,10-11,19,22H,3,8-9,12H2,1-2,4H3/t19-,22?/m0/s1. The van der Waals surface area contributed by atoms with Gasteiger partial charge in [0.05, 0.1) is 0 Å². The van der Waals surface area contributed by atoms with Gasteiger partial charge in [-0.2, -0.15) is 0 Å². The van der Waals surface area contributed by atoms with Gasteiger partial charge in [-0.05, 0) is 61.9 Å². The normalized spacial score (nSPS) is 21.2. The van der Waals surface area contributed by atoms with Crippen molar-refractivity contribution in [3.8, 4) is 5.75 Å². The predicted octanol–water partition coefficient (Wildman–Crippen LogP) is 4.91. The van der Waals surface area contributed by atoms with Crippen molar-refractivity contribution in [3.63, 3.8) is 0 Å². The molecule has 0 amide bonds. The molecular weight excluding hydrogens is 324 g/mol. The highest BCUT2D eigenvalue weighted by Gasteiger charge is 2.44. The Labute approximate surface area is 154 Å². The summed E-state index contributed by atoms with van der Waals surface area (Å²) in [5.74, 6) is 0.716. The lowest BCUT2D eigenvalue weighted by molar-refractivity contribution is -0.139. The van der Waals surface area contributed by atoms with E-state index < -0.39 is 0 Å². The molecule has 0 spiro atoms. The Morgan fingerprint density at radius 3 is 2.81 bits per heavy atom. The number of aryl methyl sites for hydroxylation is 2. The van der Waals surface area contributed by atoms with Crippen LogP contribution >= 0.6 is 0 Å². The Balaban J connectivity index is 1.68. The van der Waals surface area contributed by atoms with Gasteiger partial charge in [0.25, 0.3) is 0 Å². The van der Waals surface area contributed by atoms with E-state index in [2.05, 4.69) is 51.6 Å². The van der Waals surface area contributed by atoms with E-state index in [1.807, 2.05) is 6.07 Å². The van der Waals surface area contributed by atoms with E-state index in [4.69, 9.17) is 9.47 Å². The van der Waals surface area contributed by atoms with Crippen molar-refractivity contribution >= 4 is 5.97 Å². The van der Waals surface area contributed by atoms with Gasteiger partial charge in [0.2, 0.25) is 0 Å². The summed E-state index contributed by atoms with van der Waals surface area (Å²) in [6.07, 6.45) is 1.67. The largest absolute Gasteiger partial charge is 0.489 e. The first-order valence-corrected chi connectivity index (χ1v) is 9.17. The van der Waals surface area contributed by atoms with Crippen LogP contribution in [0, 0.1) is 26.7 Å². The van der Waals surface area contributed by atoms with E-state index in [1.54, 1.807) is 0 Å². The number of carbonyl (C=O) groups excluding carboxylic acids is 1.